The Morgan fingerprint density at radius 1 is 1.44 bits per heavy atom. The largest absolute Gasteiger partial charge is 0.371 e. The van der Waals surface area contributed by atoms with Crippen LogP contribution in [-0.2, 0) is 6.42 Å². The first-order chi connectivity index (χ1) is 8.61. The first kappa shape index (κ1) is 13.3. The Balaban J connectivity index is 2.25. The minimum Gasteiger partial charge on any atom is -0.371 e. The lowest BCUT2D eigenvalue weighted by Crippen LogP contribution is -2.28. The van der Waals surface area contributed by atoms with E-state index >= 15 is 0 Å². The number of halogens is 1. The van der Waals surface area contributed by atoms with Gasteiger partial charge in [-0.05, 0) is 51.2 Å². The molecule has 0 radical (unpaired) electrons. The van der Waals surface area contributed by atoms with Gasteiger partial charge in [0, 0.05) is 30.4 Å². The molecule has 2 N–H and O–H groups in total. The summed E-state index contributed by atoms with van der Waals surface area (Å²) in [5.74, 6) is 0.676. The molecule has 0 aromatic heterocycles. The fourth-order valence-corrected chi connectivity index (χ4v) is 2.38. The fourth-order valence-electron chi connectivity index (χ4n) is 2.38. The van der Waals surface area contributed by atoms with E-state index in [4.69, 9.17) is 5.73 Å². The van der Waals surface area contributed by atoms with Crippen molar-refractivity contribution in [1.82, 2.24) is 0 Å². The van der Waals surface area contributed by atoms with E-state index in [9.17, 15) is 4.39 Å². The van der Waals surface area contributed by atoms with Crippen LogP contribution in [0.3, 0.4) is 0 Å². The summed E-state index contributed by atoms with van der Waals surface area (Å²) < 4.78 is 14.0. The van der Waals surface area contributed by atoms with Gasteiger partial charge in [-0.1, -0.05) is 6.07 Å². The van der Waals surface area contributed by atoms with E-state index in [0.29, 0.717) is 6.42 Å². The molecule has 1 aromatic carbocycles. The van der Waals surface area contributed by atoms with Gasteiger partial charge in [-0.3, -0.25) is 0 Å². The molecule has 0 bridgehead atoms. The molecular weight excluding hydrogens is 227 g/mol. The summed E-state index contributed by atoms with van der Waals surface area (Å²) in [6.07, 6.45) is 3.23. The standard InChI is InChI=1S/C15H23FN2/c1-3-18(10-12-7-8-12)15-6-4-5-14(16)13(15)9-11(2)17/h4-6,11-12H,3,7-10,17H2,1-2H3. The third-order valence-electron chi connectivity index (χ3n) is 3.52. The monoisotopic (exact) mass is 250 g/mol. The zero-order chi connectivity index (χ0) is 13.1. The lowest BCUT2D eigenvalue weighted by Gasteiger charge is -2.26. The molecule has 2 nitrogen and oxygen atoms in total. The zero-order valence-corrected chi connectivity index (χ0v) is 11.3. The third-order valence-corrected chi connectivity index (χ3v) is 3.52. The molecule has 0 aliphatic heterocycles. The van der Waals surface area contributed by atoms with Gasteiger partial charge in [0.25, 0.3) is 0 Å². The van der Waals surface area contributed by atoms with Crippen LogP contribution in [0.2, 0.25) is 0 Å². The van der Waals surface area contributed by atoms with Crippen LogP contribution in [0.4, 0.5) is 10.1 Å². The second kappa shape index (κ2) is 5.70. The molecule has 100 valence electrons. The maximum atomic E-state index is 14.0. The first-order valence-electron chi connectivity index (χ1n) is 6.89. The molecule has 0 spiro atoms. The van der Waals surface area contributed by atoms with Crippen LogP contribution in [0.25, 0.3) is 0 Å². The summed E-state index contributed by atoms with van der Waals surface area (Å²) in [5, 5.41) is 0. The highest BCUT2D eigenvalue weighted by Crippen LogP contribution is 2.33. The second-order valence-corrected chi connectivity index (χ2v) is 5.40. The molecule has 18 heavy (non-hydrogen) atoms. The number of anilines is 1. The lowest BCUT2D eigenvalue weighted by molar-refractivity contribution is 0.593. The smallest absolute Gasteiger partial charge is 0.128 e. The van der Waals surface area contributed by atoms with Crippen molar-refractivity contribution < 1.29 is 4.39 Å². The molecule has 1 atom stereocenters. The van der Waals surface area contributed by atoms with Gasteiger partial charge < -0.3 is 10.6 Å². The van der Waals surface area contributed by atoms with Crippen LogP contribution in [-0.4, -0.2) is 19.1 Å². The average Bonchev–Trinajstić information content (AvgIpc) is 3.12. The van der Waals surface area contributed by atoms with E-state index in [1.165, 1.54) is 18.9 Å². The summed E-state index contributed by atoms with van der Waals surface area (Å²) in [5.41, 5.74) is 7.63. The molecule has 1 aromatic rings. The summed E-state index contributed by atoms with van der Waals surface area (Å²) in [6, 6.07) is 5.34. The maximum absolute atomic E-state index is 14.0. The predicted molar refractivity (Wildman–Crippen MR) is 74.4 cm³/mol. The van der Waals surface area contributed by atoms with Crippen LogP contribution in [0.5, 0.6) is 0 Å². The molecule has 1 saturated carbocycles. The Morgan fingerprint density at radius 3 is 2.72 bits per heavy atom. The van der Waals surface area contributed by atoms with Gasteiger partial charge in [-0.25, -0.2) is 4.39 Å². The number of hydrogen-bond acceptors (Lipinski definition) is 2. The van der Waals surface area contributed by atoms with Gasteiger partial charge in [0.1, 0.15) is 5.82 Å². The van der Waals surface area contributed by atoms with E-state index in [1.807, 2.05) is 13.0 Å². The van der Waals surface area contributed by atoms with Crippen molar-refractivity contribution in [2.75, 3.05) is 18.0 Å². The van der Waals surface area contributed by atoms with Crippen molar-refractivity contribution >= 4 is 5.69 Å². The highest BCUT2D eigenvalue weighted by atomic mass is 19.1. The van der Waals surface area contributed by atoms with Crippen LogP contribution < -0.4 is 10.6 Å². The van der Waals surface area contributed by atoms with Gasteiger partial charge in [0.2, 0.25) is 0 Å². The van der Waals surface area contributed by atoms with Crippen molar-refractivity contribution in [2.24, 2.45) is 11.7 Å². The maximum Gasteiger partial charge on any atom is 0.128 e. The quantitative estimate of drug-likeness (QED) is 0.841. The van der Waals surface area contributed by atoms with E-state index in [1.54, 1.807) is 6.07 Å². The number of rotatable bonds is 6. The van der Waals surface area contributed by atoms with Crippen molar-refractivity contribution in [2.45, 2.75) is 39.2 Å². The highest BCUT2D eigenvalue weighted by Gasteiger charge is 2.25. The minimum atomic E-state index is -0.126. The Hall–Kier alpha value is -1.09. The number of hydrogen-bond donors (Lipinski definition) is 1. The lowest BCUT2D eigenvalue weighted by atomic mass is 10.0. The minimum absolute atomic E-state index is 0.0136. The van der Waals surface area contributed by atoms with Gasteiger partial charge in [0.05, 0.1) is 0 Å². The normalized spacial score (nSPS) is 16.7. The molecule has 3 heteroatoms. The van der Waals surface area contributed by atoms with Crippen molar-refractivity contribution in [3.05, 3.63) is 29.6 Å². The van der Waals surface area contributed by atoms with Crippen molar-refractivity contribution in [3.8, 4) is 0 Å². The molecular formula is C15H23FN2. The summed E-state index contributed by atoms with van der Waals surface area (Å²) in [7, 11) is 0. The van der Waals surface area contributed by atoms with Crippen LogP contribution in [0, 0.1) is 11.7 Å². The van der Waals surface area contributed by atoms with Crippen molar-refractivity contribution in [3.63, 3.8) is 0 Å². The molecule has 0 heterocycles. The summed E-state index contributed by atoms with van der Waals surface area (Å²) in [4.78, 5) is 2.29. The predicted octanol–water partition coefficient (Wildman–Crippen LogP) is 2.95. The molecule has 1 aliphatic carbocycles. The van der Waals surface area contributed by atoms with Gasteiger partial charge >= 0.3 is 0 Å². The van der Waals surface area contributed by atoms with Crippen molar-refractivity contribution in [1.29, 1.82) is 0 Å². The molecule has 1 aliphatic rings. The molecule has 0 amide bonds. The molecule has 1 fully saturated rings. The Kier molecular flexibility index (Phi) is 4.23. The van der Waals surface area contributed by atoms with E-state index in [-0.39, 0.29) is 11.9 Å². The molecule has 0 saturated heterocycles. The van der Waals surface area contributed by atoms with Gasteiger partial charge in [-0.15, -0.1) is 0 Å². The van der Waals surface area contributed by atoms with Gasteiger partial charge in [0.15, 0.2) is 0 Å². The summed E-state index contributed by atoms with van der Waals surface area (Å²) >= 11 is 0. The fraction of sp³-hybridized carbons (Fsp3) is 0.600. The third kappa shape index (κ3) is 3.22. The Morgan fingerprint density at radius 2 is 2.17 bits per heavy atom. The SMILES string of the molecule is CCN(CC1CC1)c1cccc(F)c1CC(C)N. The molecule has 2 rings (SSSR count). The Labute approximate surface area is 109 Å². The van der Waals surface area contributed by atoms with Gasteiger partial charge in [-0.2, -0.15) is 0 Å². The van der Waals surface area contributed by atoms with Crippen LogP contribution in [0.1, 0.15) is 32.3 Å². The topological polar surface area (TPSA) is 29.3 Å². The molecule has 1 unspecified atom stereocenters. The van der Waals surface area contributed by atoms with Crippen LogP contribution in [0.15, 0.2) is 18.2 Å². The van der Waals surface area contributed by atoms with E-state index in [2.05, 4.69) is 11.8 Å². The number of benzene rings is 1. The van der Waals surface area contributed by atoms with E-state index in [0.717, 1.165) is 30.3 Å². The number of nitrogens with two attached hydrogens (primary N) is 1. The summed E-state index contributed by atoms with van der Waals surface area (Å²) in [6.45, 7) is 6.02. The Bertz CT molecular complexity index is 399. The zero-order valence-electron chi connectivity index (χ0n) is 11.3. The van der Waals surface area contributed by atoms with Crippen LogP contribution >= 0.6 is 0 Å². The first-order valence-corrected chi connectivity index (χ1v) is 6.89. The average molecular weight is 250 g/mol. The second-order valence-electron chi connectivity index (χ2n) is 5.40. The highest BCUT2D eigenvalue weighted by molar-refractivity contribution is 5.54. The number of nitrogens with zero attached hydrogens (tertiary/aromatic N) is 1. The van der Waals surface area contributed by atoms with E-state index < -0.39 is 0 Å².